The Morgan fingerprint density at radius 2 is 2.19 bits per heavy atom. The molecule has 1 aromatic heterocycles. The van der Waals surface area contributed by atoms with Gasteiger partial charge in [0.15, 0.2) is 5.69 Å². The Morgan fingerprint density at radius 3 is 2.86 bits per heavy atom. The number of carbonyl (C=O) groups excluding carboxylic acids is 1. The lowest BCUT2D eigenvalue weighted by atomic mass is 10.2. The molecule has 2 N–H and O–H groups in total. The predicted molar refractivity (Wildman–Crippen MR) is 79.2 cm³/mol. The van der Waals surface area contributed by atoms with Crippen molar-refractivity contribution in [2.45, 2.75) is 6.42 Å². The van der Waals surface area contributed by atoms with E-state index in [9.17, 15) is 14.0 Å². The van der Waals surface area contributed by atoms with Gasteiger partial charge in [0.2, 0.25) is 0 Å². The third-order valence-corrected chi connectivity index (χ3v) is 4.31. The molecule has 0 unspecified atom stereocenters. The number of hydrogen-bond acceptors (Lipinski definition) is 4. The van der Waals surface area contributed by atoms with Crippen molar-refractivity contribution in [3.8, 4) is 0 Å². The molecule has 110 valence electrons. The molecule has 0 aliphatic rings. The second kappa shape index (κ2) is 6.77. The summed E-state index contributed by atoms with van der Waals surface area (Å²) in [7, 11) is 0. The molecule has 8 heteroatoms. The second-order valence-corrected chi connectivity index (χ2v) is 5.77. The van der Waals surface area contributed by atoms with Crippen LogP contribution >= 0.6 is 27.3 Å². The van der Waals surface area contributed by atoms with Gasteiger partial charge < -0.3 is 10.4 Å². The highest BCUT2D eigenvalue weighted by Gasteiger charge is 2.13. The molecule has 0 saturated carbocycles. The number of nitrogens with one attached hydrogen (secondary N) is 1. The maximum absolute atomic E-state index is 13.3. The van der Waals surface area contributed by atoms with E-state index in [1.807, 2.05) is 0 Å². The lowest BCUT2D eigenvalue weighted by Gasteiger charge is -2.06. The maximum atomic E-state index is 13.3. The van der Waals surface area contributed by atoms with Gasteiger partial charge >= 0.3 is 5.97 Å². The summed E-state index contributed by atoms with van der Waals surface area (Å²) in [5, 5.41) is 13.5. The van der Waals surface area contributed by atoms with E-state index in [1.54, 1.807) is 0 Å². The van der Waals surface area contributed by atoms with E-state index >= 15 is 0 Å². The number of carboxylic acids is 1. The number of hydrogen-bond donors (Lipinski definition) is 2. The molecule has 2 aromatic rings. The highest BCUT2D eigenvalue weighted by Crippen LogP contribution is 2.20. The molecule has 1 heterocycles. The fourth-order valence-electron chi connectivity index (χ4n) is 1.58. The highest BCUT2D eigenvalue weighted by atomic mass is 79.9. The van der Waals surface area contributed by atoms with Crippen molar-refractivity contribution in [1.82, 2.24) is 10.3 Å². The molecule has 1 aromatic carbocycles. The Bertz CT molecular complexity index is 690. The first-order valence-corrected chi connectivity index (χ1v) is 7.56. The average molecular weight is 373 g/mol. The second-order valence-electron chi connectivity index (χ2n) is 4.04. The molecular weight excluding hydrogens is 363 g/mol. The molecule has 0 aliphatic carbocycles. The van der Waals surface area contributed by atoms with Gasteiger partial charge in [-0.15, -0.1) is 11.3 Å². The molecule has 0 bridgehead atoms. The van der Waals surface area contributed by atoms with Crippen LogP contribution in [0.1, 0.15) is 25.9 Å². The normalized spacial score (nSPS) is 10.4. The quantitative estimate of drug-likeness (QED) is 0.845. The average Bonchev–Trinajstić information content (AvgIpc) is 2.91. The summed E-state index contributed by atoms with van der Waals surface area (Å²) < 4.78 is 13.4. The van der Waals surface area contributed by atoms with E-state index in [4.69, 9.17) is 5.11 Å². The van der Waals surface area contributed by atoms with Crippen LogP contribution in [-0.4, -0.2) is 28.5 Å². The standard InChI is InChI=1S/C13H10BrFN2O3S/c14-11-7(2-1-3-8(11)15)12(18)16-5-4-10-17-9(6-21-10)13(19)20/h1-3,6H,4-5H2,(H,16,18)(H,19,20). The number of carboxylic acid groups (broad SMARTS) is 1. The summed E-state index contributed by atoms with van der Waals surface area (Å²) >= 11 is 4.24. The molecule has 0 radical (unpaired) electrons. The largest absolute Gasteiger partial charge is 0.476 e. The Labute approximate surface area is 132 Å². The predicted octanol–water partition coefficient (Wildman–Crippen LogP) is 2.72. The molecule has 0 saturated heterocycles. The van der Waals surface area contributed by atoms with Crippen LogP contribution in [-0.2, 0) is 6.42 Å². The minimum atomic E-state index is -1.08. The number of benzene rings is 1. The molecule has 5 nitrogen and oxygen atoms in total. The summed E-state index contributed by atoms with van der Waals surface area (Å²) in [5.74, 6) is -1.99. The first-order valence-electron chi connectivity index (χ1n) is 5.89. The molecule has 0 spiro atoms. The van der Waals surface area contributed by atoms with Crippen LogP contribution in [0.15, 0.2) is 28.1 Å². The first kappa shape index (κ1) is 15.6. The number of halogens is 2. The fourth-order valence-corrected chi connectivity index (χ4v) is 2.80. The van der Waals surface area contributed by atoms with Crippen molar-refractivity contribution in [3.63, 3.8) is 0 Å². The molecule has 0 atom stereocenters. The van der Waals surface area contributed by atoms with Crippen LogP contribution in [0.2, 0.25) is 0 Å². The van der Waals surface area contributed by atoms with Gasteiger partial charge in [-0.3, -0.25) is 4.79 Å². The zero-order chi connectivity index (χ0) is 15.4. The van der Waals surface area contributed by atoms with Crippen molar-refractivity contribution in [3.05, 3.63) is 50.1 Å². The van der Waals surface area contributed by atoms with Gasteiger partial charge in [0.1, 0.15) is 5.82 Å². The Kier molecular flexibility index (Phi) is 5.03. The van der Waals surface area contributed by atoms with E-state index in [-0.39, 0.29) is 22.3 Å². The van der Waals surface area contributed by atoms with Crippen LogP contribution < -0.4 is 5.32 Å². The van der Waals surface area contributed by atoms with Crippen LogP contribution in [0, 0.1) is 5.82 Å². The molecule has 21 heavy (non-hydrogen) atoms. The smallest absolute Gasteiger partial charge is 0.355 e. The Hall–Kier alpha value is -1.80. The number of aromatic carboxylic acids is 1. The SMILES string of the molecule is O=C(O)c1csc(CCNC(=O)c2cccc(F)c2Br)n1. The van der Waals surface area contributed by atoms with Gasteiger partial charge in [0.05, 0.1) is 15.0 Å². The number of aromatic nitrogens is 1. The van der Waals surface area contributed by atoms with Gasteiger partial charge in [-0.05, 0) is 28.1 Å². The van der Waals surface area contributed by atoms with Crippen molar-refractivity contribution in [2.24, 2.45) is 0 Å². The summed E-state index contributed by atoms with van der Waals surface area (Å²) in [6, 6.07) is 4.22. The van der Waals surface area contributed by atoms with E-state index in [2.05, 4.69) is 26.2 Å². The highest BCUT2D eigenvalue weighted by molar-refractivity contribution is 9.10. The Balaban J connectivity index is 1.92. The molecule has 0 fully saturated rings. The molecule has 1 amide bonds. The number of thiazole rings is 1. The van der Waals surface area contributed by atoms with Crippen molar-refractivity contribution in [2.75, 3.05) is 6.54 Å². The molecular formula is C13H10BrFN2O3S. The lowest BCUT2D eigenvalue weighted by molar-refractivity contribution is 0.0690. The van der Waals surface area contributed by atoms with Crippen molar-refractivity contribution < 1.29 is 19.1 Å². The van der Waals surface area contributed by atoms with Gasteiger partial charge in [-0.2, -0.15) is 0 Å². The third kappa shape index (κ3) is 3.85. The van der Waals surface area contributed by atoms with Crippen LogP contribution in [0.25, 0.3) is 0 Å². The van der Waals surface area contributed by atoms with Gasteiger partial charge in [-0.1, -0.05) is 6.07 Å². The number of rotatable bonds is 5. The van der Waals surface area contributed by atoms with Gasteiger partial charge in [0.25, 0.3) is 5.91 Å². The van der Waals surface area contributed by atoms with E-state index < -0.39 is 17.7 Å². The van der Waals surface area contributed by atoms with Gasteiger partial charge in [-0.25, -0.2) is 14.2 Å². The first-order chi connectivity index (χ1) is 9.99. The molecule has 2 rings (SSSR count). The zero-order valence-electron chi connectivity index (χ0n) is 10.6. The number of nitrogens with zero attached hydrogens (tertiary/aromatic N) is 1. The summed E-state index contributed by atoms with van der Waals surface area (Å²) in [4.78, 5) is 26.5. The summed E-state index contributed by atoms with van der Waals surface area (Å²) in [5.41, 5.74) is 0.203. The summed E-state index contributed by atoms with van der Waals surface area (Å²) in [6.07, 6.45) is 0.413. The molecule has 0 aliphatic heterocycles. The van der Waals surface area contributed by atoms with Crippen LogP contribution in [0.5, 0.6) is 0 Å². The maximum Gasteiger partial charge on any atom is 0.355 e. The Morgan fingerprint density at radius 1 is 1.43 bits per heavy atom. The van der Waals surface area contributed by atoms with Gasteiger partial charge in [0, 0.05) is 18.3 Å². The number of amides is 1. The van der Waals surface area contributed by atoms with E-state index in [1.165, 1.54) is 34.9 Å². The summed E-state index contributed by atoms with van der Waals surface area (Å²) in [6.45, 7) is 0.286. The monoisotopic (exact) mass is 372 g/mol. The number of carbonyl (C=O) groups is 2. The topological polar surface area (TPSA) is 79.3 Å². The third-order valence-electron chi connectivity index (χ3n) is 2.59. The van der Waals surface area contributed by atoms with Crippen LogP contribution in [0.3, 0.4) is 0 Å². The van der Waals surface area contributed by atoms with Crippen LogP contribution in [0.4, 0.5) is 4.39 Å². The minimum Gasteiger partial charge on any atom is -0.476 e. The van der Waals surface area contributed by atoms with Crippen molar-refractivity contribution in [1.29, 1.82) is 0 Å². The fraction of sp³-hybridized carbons (Fsp3) is 0.154. The van der Waals surface area contributed by atoms with Crippen molar-refractivity contribution >= 4 is 39.1 Å². The lowest BCUT2D eigenvalue weighted by Crippen LogP contribution is -2.26. The van der Waals surface area contributed by atoms with E-state index in [0.29, 0.717) is 11.4 Å². The minimum absolute atomic E-state index is 0.00537. The van der Waals surface area contributed by atoms with E-state index in [0.717, 1.165) is 0 Å². The zero-order valence-corrected chi connectivity index (χ0v) is 13.0.